The number of hydrogen-bond acceptors (Lipinski definition) is 4. The third-order valence-electron chi connectivity index (χ3n) is 2.08. The van der Waals surface area contributed by atoms with Gasteiger partial charge in [-0.1, -0.05) is 19.0 Å². The van der Waals surface area contributed by atoms with Crippen molar-refractivity contribution in [1.29, 1.82) is 0 Å². The molecule has 1 aromatic rings. The van der Waals surface area contributed by atoms with Crippen LogP contribution >= 0.6 is 0 Å². The lowest BCUT2D eigenvalue weighted by Gasteiger charge is -2.00. The maximum atomic E-state index is 5.74. The monoisotopic (exact) mass is 207 g/mol. The number of nitrogens with two attached hydrogens (primary N) is 1. The lowest BCUT2D eigenvalue weighted by molar-refractivity contribution is 0.351. The first-order chi connectivity index (χ1) is 7.13. The number of hydrogen-bond donors (Lipinski definition) is 1. The minimum absolute atomic E-state index is 0.338. The van der Waals surface area contributed by atoms with Crippen LogP contribution in [0.15, 0.2) is 4.52 Å². The van der Waals surface area contributed by atoms with E-state index in [0.29, 0.717) is 24.1 Å². The molecule has 0 aliphatic carbocycles. The van der Waals surface area contributed by atoms with Gasteiger partial charge in [0, 0.05) is 12.8 Å². The van der Waals surface area contributed by atoms with Crippen LogP contribution in [-0.4, -0.2) is 10.1 Å². The Labute approximate surface area is 90.2 Å². The molecule has 1 atom stereocenters. The number of aryl methyl sites for hydroxylation is 1. The van der Waals surface area contributed by atoms with Crippen molar-refractivity contribution in [3.05, 3.63) is 11.7 Å². The zero-order valence-corrected chi connectivity index (χ0v) is 9.23. The van der Waals surface area contributed by atoms with E-state index in [1.165, 1.54) is 0 Å². The fourth-order valence-corrected chi connectivity index (χ4v) is 1.15. The Morgan fingerprint density at radius 3 is 2.87 bits per heavy atom. The SMILES string of the molecule is C#CCC(N)c1nc(CCC(C)C)no1. The summed E-state index contributed by atoms with van der Waals surface area (Å²) in [5.41, 5.74) is 5.74. The van der Waals surface area contributed by atoms with Gasteiger partial charge >= 0.3 is 0 Å². The Kier molecular flexibility index (Phi) is 4.32. The second-order valence-corrected chi connectivity index (χ2v) is 4.00. The summed E-state index contributed by atoms with van der Waals surface area (Å²) in [6, 6.07) is -0.338. The molecule has 0 saturated carbocycles. The first-order valence-corrected chi connectivity index (χ1v) is 5.15. The molecule has 2 N–H and O–H groups in total. The Bertz CT molecular complexity index is 338. The van der Waals surface area contributed by atoms with E-state index < -0.39 is 0 Å². The van der Waals surface area contributed by atoms with Crippen LogP contribution < -0.4 is 5.73 Å². The maximum absolute atomic E-state index is 5.74. The van der Waals surface area contributed by atoms with E-state index in [-0.39, 0.29) is 6.04 Å². The summed E-state index contributed by atoms with van der Waals surface area (Å²) in [4.78, 5) is 4.20. The van der Waals surface area contributed by atoms with Crippen molar-refractivity contribution >= 4 is 0 Å². The third-order valence-corrected chi connectivity index (χ3v) is 2.08. The van der Waals surface area contributed by atoms with Crippen LogP contribution in [0.3, 0.4) is 0 Å². The first-order valence-electron chi connectivity index (χ1n) is 5.15. The molecule has 0 amide bonds. The van der Waals surface area contributed by atoms with Gasteiger partial charge in [0.2, 0.25) is 5.89 Å². The second kappa shape index (κ2) is 5.52. The highest BCUT2D eigenvalue weighted by Gasteiger charge is 2.13. The highest BCUT2D eigenvalue weighted by atomic mass is 16.5. The van der Waals surface area contributed by atoms with Gasteiger partial charge in [0.15, 0.2) is 5.82 Å². The molecular formula is C11H17N3O. The number of rotatable bonds is 5. The van der Waals surface area contributed by atoms with Crippen molar-refractivity contribution in [2.24, 2.45) is 11.7 Å². The van der Waals surface area contributed by atoms with E-state index in [2.05, 4.69) is 29.9 Å². The Balaban J connectivity index is 2.53. The van der Waals surface area contributed by atoms with E-state index >= 15 is 0 Å². The normalized spacial score (nSPS) is 12.7. The van der Waals surface area contributed by atoms with Gasteiger partial charge in [-0.2, -0.15) is 4.98 Å². The highest BCUT2D eigenvalue weighted by molar-refractivity contribution is 4.98. The molecule has 4 nitrogen and oxygen atoms in total. The van der Waals surface area contributed by atoms with Crippen LogP contribution in [0.4, 0.5) is 0 Å². The van der Waals surface area contributed by atoms with Crippen molar-refractivity contribution < 1.29 is 4.52 Å². The summed E-state index contributed by atoms with van der Waals surface area (Å²) in [5, 5.41) is 3.86. The zero-order valence-electron chi connectivity index (χ0n) is 9.23. The molecule has 1 heterocycles. The Hall–Kier alpha value is -1.34. The van der Waals surface area contributed by atoms with E-state index in [1.807, 2.05) is 0 Å². The average molecular weight is 207 g/mol. The van der Waals surface area contributed by atoms with Crippen LogP contribution in [0.5, 0.6) is 0 Å². The smallest absolute Gasteiger partial charge is 0.244 e. The predicted octanol–water partition coefficient (Wildman–Crippen LogP) is 1.68. The molecule has 4 heteroatoms. The average Bonchev–Trinajstić information content (AvgIpc) is 2.63. The number of nitrogens with zero attached hydrogens (tertiary/aromatic N) is 2. The van der Waals surface area contributed by atoms with Crippen molar-refractivity contribution in [2.75, 3.05) is 0 Å². The molecule has 82 valence electrons. The first kappa shape index (κ1) is 11.7. The number of aromatic nitrogens is 2. The fourth-order valence-electron chi connectivity index (χ4n) is 1.15. The summed E-state index contributed by atoms with van der Waals surface area (Å²) in [6.07, 6.45) is 7.44. The zero-order chi connectivity index (χ0) is 11.3. The molecule has 15 heavy (non-hydrogen) atoms. The maximum Gasteiger partial charge on any atom is 0.244 e. The minimum Gasteiger partial charge on any atom is -0.338 e. The summed E-state index contributed by atoms with van der Waals surface area (Å²) >= 11 is 0. The van der Waals surface area contributed by atoms with Gasteiger partial charge < -0.3 is 10.3 Å². The Morgan fingerprint density at radius 2 is 2.27 bits per heavy atom. The van der Waals surface area contributed by atoms with Gasteiger partial charge in [-0.05, 0) is 12.3 Å². The molecule has 1 rings (SSSR count). The second-order valence-electron chi connectivity index (χ2n) is 4.00. The van der Waals surface area contributed by atoms with Crippen molar-refractivity contribution in [1.82, 2.24) is 10.1 Å². The van der Waals surface area contributed by atoms with Crippen LogP contribution in [0.25, 0.3) is 0 Å². The van der Waals surface area contributed by atoms with Crippen molar-refractivity contribution in [3.63, 3.8) is 0 Å². The van der Waals surface area contributed by atoms with E-state index in [0.717, 1.165) is 12.8 Å². The van der Waals surface area contributed by atoms with Gasteiger partial charge in [0.1, 0.15) is 0 Å². The van der Waals surface area contributed by atoms with Gasteiger partial charge in [0.05, 0.1) is 6.04 Å². The van der Waals surface area contributed by atoms with Gasteiger partial charge in [0.25, 0.3) is 0 Å². The third kappa shape index (κ3) is 3.72. The molecule has 0 spiro atoms. The van der Waals surface area contributed by atoms with Crippen molar-refractivity contribution in [3.8, 4) is 12.3 Å². The molecule has 1 aromatic heterocycles. The summed E-state index contributed by atoms with van der Waals surface area (Å²) in [5.74, 6) is 4.25. The molecule has 0 aliphatic heterocycles. The van der Waals surface area contributed by atoms with Gasteiger partial charge in [-0.25, -0.2) is 0 Å². The summed E-state index contributed by atoms with van der Waals surface area (Å²) in [7, 11) is 0. The van der Waals surface area contributed by atoms with E-state index in [1.54, 1.807) is 0 Å². The quantitative estimate of drug-likeness (QED) is 0.746. The standard InChI is InChI=1S/C11H17N3O/c1-4-5-9(12)11-13-10(14-15-11)7-6-8(2)3/h1,8-9H,5-7,12H2,2-3H3. The molecule has 0 aliphatic rings. The van der Waals surface area contributed by atoms with Crippen LogP contribution in [0.1, 0.15) is 44.4 Å². The topological polar surface area (TPSA) is 64.9 Å². The van der Waals surface area contributed by atoms with Gasteiger partial charge in [-0.15, -0.1) is 12.3 Å². The predicted molar refractivity (Wildman–Crippen MR) is 57.8 cm³/mol. The minimum atomic E-state index is -0.338. The highest BCUT2D eigenvalue weighted by Crippen LogP contribution is 2.12. The Morgan fingerprint density at radius 1 is 1.53 bits per heavy atom. The number of terminal acetylenes is 1. The molecule has 0 fully saturated rings. The van der Waals surface area contributed by atoms with Crippen molar-refractivity contribution in [2.45, 2.75) is 39.2 Å². The molecule has 0 radical (unpaired) electrons. The van der Waals surface area contributed by atoms with Crippen LogP contribution in [0.2, 0.25) is 0 Å². The molecule has 1 unspecified atom stereocenters. The van der Waals surface area contributed by atoms with Gasteiger partial charge in [-0.3, -0.25) is 0 Å². The van der Waals surface area contributed by atoms with E-state index in [4.69, 9.17) is 16.7 Å². The molecule has 0 aromatic carbocycles. The van der Waals surface area contributed by atoms with Crippen LogP contribution in [-0.2, 0) is 6.42 Å². The lowest BCUT2D eigenvalue weighted by Crippen LogP contribution is -2.09. The largest absolute Gasteiger partial charge is 0.338 e. The molecule has 0 bridgehead atoms. The lowest BCUT2D eigenvalue weighted by atomic mass is 10.1. The summed E-state index contributed by atoms with van der Waals surface area (Å²) < 4.78 is 5.03. The summed E-state index contributed by atoms with van der Waals surface area (Å²) in [6.45, 7) is 4.32. The fraction of sp³-hybridized carbons (Fsp3) is 0.636. The van der Waals surface area contributed by atoms with Crippen LogP contribution in [0, 0.1) is 18.3 Å². The molecular weight excluding hydrogens is 190 g/mol. The van der Waals surface area contributed by atoms with E-state index in [9.17, 15) is 0 Å². The molecule has 0 saturated heterocycles.